The summed E-state index contributed by atoms with van der Waals surface area (Å²) in [7, 11) is 1.75. The topological polar surface area (TPSA) is 118 Å². The van der Waals surface area contributed by atoms with E-state index in [1.807, 2.05) is 52.5 Å². The Kier molecular flexibility index (Phi) is 7.19. The lowest BCUT2D eigenvalue weighted by molar-refractivity contribution is 0.00565. The number of hydrogen-bond donors (Lipinski definition) is 1. The SMILES string of the molecule is CCOc1cc2nn(C)nc2cc1NC(=O)N1CCc2c(N3C[C@@H](C)N(C(=O)OC(C)(C)C)[C@@H](C)C3)ccnc21. The molecule has 12 nitrogen and oxygen atoms in total. The second kappa shape index (κ2) is 10.5. The molecule has 0 bridgehead atoms. The van der Waals surface area contributed by atoms with E-state index in [0.29, 0.717) is 61.0 Å². The van der Waals surface area contributed by atoms with Crippen molar-refractivity contribution < 1.29 is 19.1 Å². The normalized spacial score (nSPS) is 19.1. The second-order valence-corrected chi connectivity index (χ2v) is 11.4. The van der Waals surface area contributed by atoms with Crippen LogP contribution in [-0.4, -0.2) is 80.9 Å². The number of nitrogens with one attached hydrogen (secondary N) is 1. The Balaban J connectivity index is 1.35. The largest absolute Gasteiger partial charge is 0.492 e. The number of piperazine rings is 1. The van der Waals surface area contributed by atoms with Gasteiger partial charge in [-0.15, -0.1) is 0 Å². The van der Waals surface area contributed by atoms with Crippen LogP contribution < -0.4 is 19.9 Å². The van der Waals surface area contributed by atoms with Gasteiger partial charge in [0.1, 0.15) is 28.2 Å². The highest BCUT2D eigenvalue weighted by Gasteiger charge is 2.38. The minimum Gasteiger partial charge on any atom is -0.492 e. The Morgan fingerprint density at radius 1 is 1.10 bits per heavy atom. The number of hydrogen-bond acceptors (Lipinski definition) is 8. The van der Waals surface area contributed by atoms with E-state index in [1.165, 1.54) is 4.80 Å². The third-order valence-electron chi connectivity index (χ3n) is 7.08. The summed E-state index contributed by atoms with van der Waals surface area (Å²) in [5, 5.41) is 11.7. The smallest absolute Gasteiger partial charge is 0.410 e. The van der Waals surface area contributed by atoms with Crippen molar-refractivity contribution in [3.05, 3.63) is 30.0 Å². The summed E-state index contributed by atoms with van der Waals surface area (Å²) in [6.07, 6.45) is 2.13. The lowest BCUT2D eigenvalue weighted by Gasteiger charge is -2.45. The summed E-state index contributed by atoms with van der Waals surface area (Å²) in [5.41, 5.74) is 3.41. The molecule has 0 spiro atoms. The van der Waals surface area contributed by atoms with Crippen molar-refractivity contribution in [3.8, 4) is 5.75 Å². The molecule has 3 amide bonds. The van der Waals surface area contributed by atoms with Gasteiger partial charge >= 0.3 is 12.1 Å². The van der Waals surface area contributed by atoms with Crippen LogP contribution in [0.5, 0.6) is 5.75 Å². The molecule has 3 aromatic rings. The molecule has 0 aliphatic carbocycles. The van der Waals surface area contributed by atoms with Crippen LogP contribution in [0.4, 0.5) is 26.8 Å². The molecule has 1 fully saturated rings. The van der Waals surface area contributed by atoms with Crippen LogP contribution in [0.1, 0.15) is 47.1 Å². The number of aryl methyl sites for hydroxylation is 1. The van der Waals surface area contributed by atoms with Crippen molar-refractivity contribution in [1.82, 2.24) is 24.9 Å². The van der Waals surface area contributed by atoms with E-state index < -0.39 is 5.60 Å². The Labute approximate surface area is 234 Å². The number of fused-ring (bicyclic) bond motifs is 2. The molecule has 214 valence electrons. The van der Waals surface area contributed by atoms with Crippen molar-refractivity contribution in [2.45, 2.75) is 65.6 Å². The molecule has 4 heterocycles. The van der Waals surface area contributed by atoms with Crippen LogP contribution in [0, 0.1) is 0 Å². The second-order valence-electron chi connectivity index (χ2n) is 11.4. The van der Waals surface area contributed by atoms with Crippen LogP contribution in [0.25, 0.3) is 11.0 Å². The molecule has 12 heteroatoms. The number of ether oxygens (including phenoxy) is 2. The highest BCUT2D eigenvalue weighted by atomic mass is 16.6. The van der Waals surface area contributed by atoms with Gasteiger partial charge in [0.25, 0.3) is 0 Å². The molecule has 40 heavy (non-hydrogen) atoms. The van der Waals surface area contributed by atoms with Gasteiger partial charge in [0.15, 0.2) is 0 Å². The van der Waals surface area contributed by atoms with Gasteiger partial charge in [-0.25, -0.2) is 14.6 Å². The molecule has 0 saturated carbocycles. The predicted octanol–water partition coefficient (Wildman–Crippen LogP) is 4.19. The molecule has 2 atom stereocenters. The van der Waals surface area contributed by atoms with Crippen LogP contribution in [-0.2, 0) is 18.2 Å². The highest BCUT2D eigenvalue weighted by Crippen LogP contribution is 2.37. The molecular formula is C28H38N8O4. The number of rotatable bonds is 4. The fourth-order valence-electron chi connectivity index (χ4n) is 5.57. The number of aromatic nitrogens is 4. The maximum Gasteiger partial charge on any atom is 0.410 e. The Morgan fingerprint density at radius 2 is 1.77 bits per heavy atom. The number of anilines is 3. The van der Waals surface area contributed by atoms with Crippen molar-refractivity contribution >= 4 is 40.4 Å². The monoisotopic (exact) mass is 550 g/mol. The maximum absolute atomic E-state index is 13.5. The lowest BCUT2D eigenvalue weighted by Crippen LogP contribution is -2.59. The molecule has 1 aromatic carbocycles. The first-order valence-corrected chi connectivity index (χ1v) is 13.8. The molecule has 1 saturated heterocycles. The molecule has 1 N–H and O–H groups in total. The number of nitrogens with zero attached hydrogens (tertiary/aromatic N) is 7. The van der Waals surface area contributed by atoms with Crippen LogP contribution in [0.2, 0.25) is 0 Å². The number of carbonyl (C=O) groups is 2. The first-order valence-electron chi connectivity index (χ1n) is 13.8. The van der Waals surface area contributed by atoms with E-state index in [4.69, 9.17) is 9.47 Å². The molecular weight excluding hydrogens is 512 g/mol. The standard InChI is InChI=1S/C28H38N8O4/c1-8-39-24-14-21-20(31-33(7)32-21)13-22(24)30-26(37)35-12-10-19-23(9-11-29-25(19)35)34-15-17(2)36(18(3)16-34)27(38)40-28(4,5)6/h9,11,13-14,17-18H,8,10,12,15-16H2,1-7H3,(H,30,37)/t17-,18+. The molecule has 5 rings (SSSR count). The van der Waals surface area contributed by atoms with Crippen LogP contribution in [0.15, 0.2) is 24.4 Å². The average molecular weight is 551 g/mol. The molecule has 2 aromatic heterocycles. The Hall–Kier alpha value is -4.09. The number of carbonyl (C=O) groups excluding carboxylic acids is 2. The number of urea groups is 1. The van der Waals surface area contributed by atoms with Gasteiger partial charge in [0.05, 0.1) is 24.4 Å². The molecule has 2 aliphatic rings. The summed E-state index contributed by atoms with van der Waals surface area (Å²) in [4.78, 5) is 38.2. The average Bonchev–Trinajstić information content (AvgIpc) is 3.45. The quantitative estimate of drug-likeness (QED) is 0.514. The van der Waals surface area contributed by atoms with Crippen molar-refractivity contribution in [3.63, 3.8) is 0 Å². The minimum absolute atomic E-state index is 0.0452. The third kappa shape index (κ3) is 5.34. The summed E-state index contributed by atoms with van der Waals surface area (Å²) in [5.74, 6) is 1.18. The summed E-state index contributed by atoms with van der Waals surface area (Å²) >= 11 is 0. The van der Waals surface area contributed by atoms with E-state index in [9.17, 15) is 9.59 Å². The predicted molar refractivity (Wildman–Crippen MR) is 153 cm³/mol. The lowest BCUT2D eigenvalue weighted by atomic mass is 10.1. The van der Waals surface area contributed by atoms with E-state index >= 15 is 0 Å². The fourth-order valence-corrected chi connectivity index (χ4v) is 5.57. The Bertz CT molecular complexity index is 1420. The van der Waals surface area contributed by atoms with Crippen molar-refractivity contribution in [2.75, 3.05) is 41.4 Å². The van der Waals surface area contributed by atoms with Gasteiger partial charge < -0.3 is 19.7 Å². The fraction of sp³-hybridized carbons (Fsp3) is 0.536. The summed E-state index contributed by atoms with van der Waals surface area (Å²) in [6.45, 7) is 13.9. The van der Waals surface area contributed by atoms with Gasteiger partial charge in [-0.05, 0) is 60.1 Å². The zero-order valence-corrected chi connectivity index (χ0v) is 24.3. The molecule has 2 aliphatic heterocycles. The first kappa shape index (κ1) is 27.5. The summed E-state index contributed by atoms with van der Waals surface area (Å²) in [6, 6.07) is 5.18. The van der Waals surface area contributed by atoms with Gasteiger partial charge in [-0.2, -0.15) is 15.0 Å². The van der Waals surface area contributed by atoms with Crippen LogP contribution >= 0.6 is 0 Å². The van der Waals surface area contributed by atoms with Crippen molar-refractivity contribution in [1.29, 1.82) is 0 Å². The van der Waals surface area contributed by atoms with Crippen molar-refractivity contribution in [2.24, 2.45) is 7.05 Å². The zero-order valence-electron chi connectivity index (χ0n) is 24.3. The minimum atomic E-state index is -0.548. The highest BCUT2D eigenvalue weighted by molar-refractivity contribution is 6.04. The van der Waals surface area contributed by atoms with Gasteiger partial charge in [0, 0.05) is 50.2 Å². The number of benzene rings is 1. The molecule has 0 radical (unpaired) electrons. The number of pyridine rings is 1. The third-order valence-corrected chi connectivity index (χ3v) is 7.08. The molecule has 0 unspecified atom stereocenters. The van der Waals surface area contributed by atoms with Crippen LogP contribution in [0.3, 0.4) is 0 Å². The van der Waals surface area contributed by atoms with E-state index in [0.717, 1.165) is 11.3 Å². The van der Waals surface area contributed by atoms with Gasteiger partial charge in [-0.1, -0.05) is 0 Å². The number of amides is 3. The van der Waals surface area contributed by atoms with E-state index in [1.54, 1.807) is 30.3 Å². The van der Waals surface area contributed by atoms with E-state index in [2.05, 4.69) is 25.4 Å². The van der Waals surface area contributed by atoms with E-state index in [-0.39, 0.29) is 24.2 Å². The van der Waals surface area contributed by atoms with Gasteiger partial charge in [0.2, 0.25) is 0 Å². The maximum atomic E-state index is 13.5. The Morgan fingerprint density at radius 3 is 2.42 bits per heavy atom. The zero-order chi connectivity index (χ0) is 28.8. The van der Waals surface area contributed by atoms with Gasteiger partial charge in [-0.3, -0.25) is 9.80 Å². The first-order chi connectivity index (χ1) is 18.9. The summed E-state index contributed by atoms with van der Waals surface area (Å²) < 4.78 is 11.4.